The fourth-order valence-electron chi connectivity index (χ4n) is 1.26. The van der Waals surface area contributed by atoms with Crippen LogP contribution in [-0.4, -0.2) is 19.8 Å². The number of nitrogen functional groups attached to an aromatic ring is 1. The van der Waals surface area contributed by atoms with E-state index < -0.39 is 4.92 Å². The predicted octanol–water partition coefficient (Wildman–Crippen LogP) is 1.36. The lowest BCUT2D eigenvalue weighted by molar-refractivity contribution is -0.385. The zero-order valence-electron chi connectivity index (χ0n) is 8.90. The lowest BCUT2D eigenvalue weighted by Gasteiger charge is -2.03. The predicted molar refractivity (Wildman–Crippen MR) is 62.1 cm³/mol. The van der Waals surface area contributed by atoms with Crippen LogP contribution in [0.3, 0.4) is 0 Å². The van der Waals surface area contributed by atoms with Gasteiger partial charge in [-0.25, -0.2) is 4.68 Å². The Morgan fingerprint density at radius 1 is 1.53 bits per heavy atom. The number of nitrogens with zero attached hydrogens (tertiary/aromatic N) is 4. The third-order valence-corrected chi connectivity index (χ3v) is 3.26. The number of rotatable bonds is 3. The Hall–Kier alpha value is -2.09. The van der Waals surface area contributed by atoms with Gasteiger partial charge in [-0.05, 0) is 30.3 Å². The van der Waals surface area contributed by atoms with E-state index in [0.29, 0.717) is 5.16 Å². The molecule has 0 aliphatic rings. The maximum atomic E-state index is 10.6. The molecule has 2 rings (SSSR count). The Morgan fingerprint density at radius 2 is 2.29 bits per heavy atom. The number of hydrogen-bond acceptors (Lipinski definition) is 6. The monoisotopic (exact) mass is 251 g/mol. The van der Waals surface area contributed by atoms with Crippen molar-refractivity contribution >= 4 is 17.4 Å². The number of nitro groups is 1. The van der Waals surface area contributed by atoms with E-state index in [4.69, 9.17) is 5.84 Å². The maximum Gasteiger partial charge on any atom is 0.269 e. The van der Waals surface area contributed by atoms with E-state index in [9.17, 15) is 10.1 Å². The summed E-state index contributed by atoms with van der Waals surface area (Å²) in [7, 11) is 0. The molecular weight excluding hydrogens is 242 g/mol. The van der Waals surface area contributed by atoms with E-state index in [1.54, 1.807) is 13.0 Å². The second-order valence-electron chi connectivity index (χ2n) is 3.33. The van der Waals surface area contributed by atoms with Crippen molar-refractivity contribution in [1.29, 1.82) is 0 Å². The van der Waals surface area contributed by atoms with Crippen LogP contribution in [0.15, 0.2) is 34.6 Å². The smallest absolute Gasteiger partial charge is 0.269 e. The summed E-state index contributed by atoms with van der Waals surface area (Å²) in [6.45, 7) is 1.80. The summed E-state index contributed by atoms with van der Waals surface area (Å²) in [5.74, 6) is 5.58. The van der Waals surface area contributed by atoms with Crippen molar-refractivity contribution in [3.63, 3.8) is 0 Å². The molecule has 0 atom stereocenters. The molecule has 1 heterocycles. The highest BCUT2D eigenvalue weighted by Gasteiger charge is 2.11. The molecule has 0 aliphatic carbocycles. The number of benzene rings is 1. The first-order valence-electron chi connectivity index (χ1n) is 4.66. The van der Waals surface area contributed by atoms with Crippen molar-refractivity contribution in [2.45, 2.75) is 17.0 Å². The highest BCUT2D eigenvalue weighted by molar-refractivity contribution is 7.99. The second kappa shape index (κ2) is 4.42. The zero-order valence-corrected chi connectivity index (χ0v) is 9.72. The molecule has 2 N–H and O–H groups in total. The minimum absolute atomic E-state index is 0.0704. The highest BCUT2D eigenvalue weighted by Crippen LogP contribution is 2.30. The number of aryl methyl sites for hydroxylation is 1. The molecule has 88 valence electrons. The molecular formula is C9H9N5O2S. The lowest BCUT2D eigenvalue weighted by atomic mass is 10.2. The summed E-state index contributed by atoms with van der Waals surface area (Å²) in [6, 6.07) is 4.64. The van der Waals surface area contributed by atoms with E-state index in [-0.39, 0.29) is 5.69 Å². The Balaban J connectivity index is 2.29. The first kappa shape index (κ1) is 11.4. The van der Waals surface area contributed by atoms with Crippen LogP contribution in [0, 0.1) is 17.0 Å². The average Bonchev–Trinajstić information content (AvgIpc) is 2.67. The third-order valence-electron chi connectivity index (χ3n) is 2.11. The fraction of sp³-hybridized carbons (Fsp3) is 0.111. The van der Waals surface area contributed by atoms with Crippen molar-refractivity contribution in [3.8, 4) is 0 Å². The normalized spacial score (nSPS) is 10.4. The van der Waals surface area contributed by atoms with E-state index in [1.807, 2.05) is 0 Å². The quantitative estimate of drug-likeness (QED) is 0.502. The third kappa shape index (κ3) is 2.36. The Bertz CT molecular complexity index is 568. The van der Waals surface area contributed by atoms with Crippen LogP contribution < -0.4 is 5.84 Å². The number of nitrogens with two attached hydrogens (primary N) is 1. The zero-order chi connectivity index (χ0) is 12.4. The first-order chi connectivity index (χ1) is 8.08. The van der Waals surface area contributed by atoms with Crippen molar-refractivity contribution < 1.29 is 4.92 Å². The maximum absolute atomic E-state index is 10.6. The van der Waals surface area contributed by atoms with E-state index in [1.165, 1.54) is 34.9 Å². The van der Waals surface area contributed by atoms with Crippen LogP contribution in [0.1, 0.15) is 5.56 Å². The van der Waals surface area contributed by atoms with Crippen LogP contribution in [0.2, 0.25) is 0 Å². The Kier molecular flexibility index (Phi) is 2.96. The molecule has 7 nitrogen and oxygen atoms in total. The lowest BCUT2D eigenvalue weighted by Crippen LogP contribution is -2.07. The minimum Gasteiger partial charge on any atom is -0.336 e. The molecule has 0 unspecified atom stereocenters. The Labute approximate surface area is 101 Å². The molecule has 0 aliphatic heterocycles. The van der Waals surface area contributed by atoms with Crippen molar-refractivity contribution in [3.05, 3.63) is 40.2 Å². The van der Waals surface area contributed by atoms with Gasteiger partial charge in [0.05, 0.1) is 4.92 Å². The highest BCUT2D eigenvalue weighted by atomic mass is 32.2. The van der Waals surface area contributed by atoms with Crippen LogP contribution in [0.4, 0.5) is 5.69 Å². The number of non-ortho nitro benzene ring substituents is 1. The summed E-state index contributed by atoms with van der Waals surface area (Å²) in [4.78, 5) is 11.0. The van der Waals surface area contributed by atoms with Crippen LogP contribution in [-0.2, 0) is 0 Å². The average molecular weight is 251 g/mol. The molecule has 1 aromatic carbocycles. The van der Waals surface area contributed by atoms with Gasteiger partial charge in [0.25, 0.3) is 5.69 Å². The molecule has 0 saturated heterocycles. The van der Waals surface area contributed by atoms with Crippen LogP contribution in [0.5, 0.6) is 0 Å². The largest absolute Gasteiger partial charge is 0.336 e. The van der Waals surface area contributed by atoms with Crippen molar-refractivity contribution in [2.24, 2.45) is 0 Å². The van der Waals surface area contributed by atoms with Gasteiger partial charge in [0.2, 0.25) is 5.16 Å². The molecule has 0 saturated carbocycles. The topological polar surface area (TPSA) is 99.9 Å². The van der Waals surface area contributed by atoms with Gasteiger partial charge in [-0.2, -0.15) is 0 Å². The van der Waals surface area contributed by atoms with Gasteiger partial charge in [0.15, 0.2) is 0 Å². The molecule has 8 heteroatoms. The molecule has 0 fully saturated rings. The van der Waals surface area contributed by atoms with Gasteiger partial charge >= 0.3 is 0 Å². The van der Waals surface area contributed by atoms with Crippen molar-refractivity contribution in [2.75, 3.05) is 5.84 Å². The number of aromatic nitrogens is 3. The molecule has 0 radical (unpaired) electrons. The van der Waals surface area contributed by atoms with Gasteiger partial charge in [-0.15, -0.1) is 10.2 Å². The first-order valence-corrected chi connectivity index (χ1v) is 5.47. The standard InChI is InChI=1S/C9H9N5O2S/c1-6-4-7(14(15)16)2-3-8(6)17-9-12-11-5-13(9)10/h2-5H,10H2,1H3. The second-order valence-corrected chi connectivity index (χ2v) is 4.34. The van der Waals surface area contributed by atoms with Crippen LogP contribution >= 0.6 is 11.8 Å². The van der Waals surface area contributed by atoms with E-state index >= 15 is 0 Å². The summed E-state index contributed by atoms with van der Waals surface area (Å²) < 4.78 is 1.30. The summed E-state index contributed by atoms with van der Waals surface area (Å²) in [6.07, 6.45) is 1.39. The van der Waals surface area contributed by atoms with Gasteiger partial charge in [0, 0.05) is 17.0 Å². The van der Waals surface area contributed by atoms with Crippen molar-refractivity contribution in [1.82, 2.24) is 14.9 Å². The molecule has 17 heavy (non-hydrogen) atoms. The summed E-state index contributed by atoms with van der Waals surface area (Å²) in [5.41, 5.74) is 0.869. The molecule has 0 bridgehead atoms. The van der Waals surface area contributed by atoms with E-state index in [0.717, 1.165) is 10.5 Å². The SMILES string of the molecule is Cc1cc([N+](=O)[O-])ccc1Sc1nncn1N. The summed E-state index contributed by atoms with van der Waals surface area (Å²) >= 11 is 1.31. The molecule has 0 amide bonds. The molecule has 2 aromatic rings. The van der Waals surface area contributed by atoms with E-state index in [2.05, 4.69) is 10.2 Å². The van der Waals surface area contributed by atoms with Gasteiger partial charge < -0.3 is 5.84 Å². The minimum atomic E-state index is -0.424. The Morgan fingerprint density at radius 3 is 2.82 bits per heavy atom. The van der Waals surface area contributed by atoms with Gasteiger partial charge in [-0.1, -0.05) is 0 Å². The molecule has 1 aromatic heterocycles. The van der Waals surface area contributed by atoms with Crippen LogP contribution in [0.25, 0.3) is 0 Å². The number of nitro benzene ring substituents is 1. The fourth-order valence-corrected chi connectivity index (χ4v) is 2.06. The van der Waals surface area contributed by atoms with Gasteiger partial charge in [-0.3, -0.25) is 10.1 Å². The van der Waals surface area contributed by atoms with Gasteiger partial charge in [0.1, 0.15) is 6.33 Å². The summed E-state index contributed by atoms with van der Waals surface area (Å²) in [5, 5.41) is 18.6. The number of hydrogen-bond donors (Lipinski definition) is 1. The molecule has 0 spiro atoms.